The molecule has 0 amide bonds. The molecule has 5 heteroatoms. The first kappa shape index (κ1) is 11.7. The van der Waals surface area contributed by atoms with Gasteiger partial charge in [-0.15, -0.1) is 0 Å². The van der Waals surface area contributed by atoms with E-state index in [0.717, 1.165) is 0 Å². The molecule has 0 aliphatic rings. The molecule has 0 radical (unpaired) electrons. The number of nitrogens with two attached hydrogens (primary N) is 2. The Balaban J connectivity index is 2.87. The highest BCUT2D eigenvalue weighted by atomic mass is 35.5. The van der Waals surface area contributed by atoms with Crippen LogP contribution in [-0.2, 0) is 4.79 Å². The molecule has 4 N–H and O–H groups in total. The number of anilines is 1. The molecule has 1 aromatic rings. The van der Waals surface area contributed by atoms with Gasteiger partial charge in [0.1, 0.15) is 6.29 Å². The van der Waals surface area contributed by atoms with Crippen molar-refractivity contribution in [3.05, 3.63) is 28.8 Å². The minimum Gasteiger partial charge on any atom is -0.398 e. The summed E-state index contributed by atoms with van der Waals surface area (Å²) < 4.78 is 0. The van der Waals surface area contributed by atoms with Crippen molar-refractivity contribution in [2.24, 2.45) is 5.73 Å². The Morgan fingerprint density at radius 2 is 2.20 bits per heavy atom. The Bertz CT molecular complexity index is 393. The average Bonchev–Trinajstić information content (AvgIpc) is 2.17. The molecular formula is C10H11ClN2O2. The first-order valence-electron chi connectivity index (χ1n) is 4.33. The highest BCUT2D eigenvalue weighted by molar-refractivity contribution is 6.31. The smallest absolute Gasteiger partial charge is 0.166 e. The fourth-order valence-electron chi connectivity index (χ4n) is 1.16. The van der Waals surface area contributed by atoms with Gasteiger partial charge in [-0.1, -0.05) is 11.6 Å². The minimum absolute atomic E-state index is 0.0463. The number of benzene rings is 1. The van der Waals surface area contributed by atoms with Gasteiger partial charge in [-0.25, -0.2) is 0 Å². The summed E-state index contributed by atoms with van der Waals surface area (Å²) in [6.45, 7) is 0. The number of ketones is 1. The SMILES string of the molecule is Nc1cc(Cl)ccc1C(=O)CC(N)C=O. The molecule has 0 heterocycles. The molecule has 0 aliphatic heterocycles. The Kier molecular flexibility index (Phi) is 3.82. The molecule has 80 valence electrons. The largest absolute Gasteiger partial charge is 0.398 e. The highest BCUT2D eigenvalue weighted by Gasteiger charge is 2.13. The van der Waals surface area contributed by atoms with Crippen molar-refractivity contribution in [3.63, 3.8) is 0 Å². The Morgan fingerprint density at radius 1 is 1.53 bits per heavy atom. The van der Waals surface area contributed by atoms with Crippen LogP contribution in [0.1, 0.15) is 16.8 Å². The number of nitrogen functional groups attached to an aromatic ring is 1. The van der Waals surface area contributed by atoms with Crippen LogP contribution in [-0.4, -0.2) is 18.1 Å². The van der Waals surface area contributed by atoms with Crippen LogP contribution < -0.4 is 11.5 Å². The van der Waals surface area contributed by atoms with E-state index in [4.69, 9.17) is 23.1 Å². The topological polar surface area (TPSA) is 86.2 Å². The molecule has 1 rings (SSSR count). The van der Waals surface area contributed by atoms with Gasteiger partial charge in [0.15, 0.2) is 5.78 Å². The van der Waals surface area contributed by atoms with Crippen LogP contribution in [0.2, 0.25) is 5.02 Å². The van der Waals surface area contributed by atoms with Gasteiger partial charge in [-0.05, 0) is 18.2 Å². The first-order valence-corrected chi connectivity index (χ1v) is 4.71. The maximum absolute atomic E-state index is 11.6. The number of aldehydes is 1. The normalized spacial score (nSPS) is 12.1. The van der Waals surface area contributed by atoms with Gasteiger partial charge in [-0.2, -0.15) is 0 Å². The van der Waals surface area contributed by atoms with E-state index < -0.39 is 6.04 Å². The second-order valence-electron chi connectivity index (χ2n) is 3.16. The Hall–Kier alpha value is -1.39. The van der Waals surface area contributed by atoms with Crippen molar-refractivity contribution in [2.75, 3.05) is 5.73 Å². The number of carbonyl (C=O) groups excluding carboxylic acids is 2. The quantitative estimate of drug-likeness (QED) is 0.456. The molecule has 4 nitrogen and oxygen atoms in total. The summed E-state index contributed by atoms with van der Waals surface area (Å²) in [4.78, 5) is 21.9. The summed E-state index contributed by atoms with van der Waals surface area (Å²) in [5, 5.41) is 0.462. The lowest BCUT2D eigenvalue weighted by Gasteiger charge is -2.06. The number of rotatable bonds is 4. The van der Waals surface area contributed by atoms with E-state index >= 15 is 0 Å². The monoisotopic (exact) mass is 226 g/mol. The first-order chi connectivity index (χ1) is 7.04. The van der Waals surface area contributed by atoms with Crippen LogP contribution in [0.15, 0.2) is 18.2 Å². The van der Waals surface area contributed by atoms with Crippen LogP contribution in [0.25, 0.3) is 0 Å². The molecule has 0 aliphatic carbocycles. The number of Topliss-reactive ketones (excluding diaryl/α,β-unsaturated/α-hetero) is 1. The van der Waals surface area contributed by atoms with Gasteiger partial charge < -0.3 is 16.3 Å². The zero-order chi connectivity index (χ0) is 11.4. The van der Waals surface area contributed by atoms with Gasteiger partial charge in [0, 0.05) is 22.7 Å². The van der Waals surface area contributed by atoms with Crippen LogP contribution in [0.5, 0.6) is 0 Å². The predicted molar refractivity (Wildman–Crippen MR) is 58.9 cm³/mol. The van der Waals surface area contributed by atoms with Gasteiger partial charge in [0.2, 0.25) is 0 Å². The van der Waals surface area contributed by atoms with Crippen molar-refractivity contribution in [1.29, 1.82) is 0 Å². The summed E-state index contributed by atoms with van der Waals surface area (Å²) in [5.74, 6) is -0.260. The molecule has 0 spiro atoms. The maximum atomic E-state index is 11.6. The van der Waals surface area contributed by atoms with E-state index in [-0.39, 0.29) is 12.2 Å². The van der Waals surface area contributed by atoms with Crippen molar-refractivity contribution in [3.8, 4) is 0 Å². The summed E-state index contributed by atoms with van der Waals surface area (Å²) >= 11 is 5.68. The van der Waals surface area contributed by atoms with E-state index in [1.54, 1.807) is 6.07 Å². The van der Waals surface area contributed by atoms with E-state index in [1.807, 2.05) is 0 Å². The average molecular weight is 227 g/mol. The lowest BCUT2D eigenvalue weighted by Crippen LogP contribution is -2.25. The molecule has 1 unspecified atom stereocenters. The summed E-state index contributed by atoms with van der Waals surface area (Å²) in [7, 11) is 0. The maximum Gasteiger partial charge on any atom is 0.166 e. The zero-order valence-electron chi connectivity index (χ0n) is 7.94. The fraction of sp³-hybridized carbons (Fsp3) is 0.200. The van der Waals surface area contributed by atoms with E-state index in [9.17, 15) is 9.59 Å². The molecule has 0 saturated carbocycles. The van der Waals surface area contributed by atoms with Crippen LogP contribution in [0.3, 0.4) is 0 Å². The number of hydrogen-bond acceptors (Lipinski definition) is 4. The number of halogens is 1. The van der Waals surface area contributed by atoms with Crippen molar-refractivity contribution < 1.29 is 9.59 Å². The van der Waals surface area contributed by atoms with Crippen molar-refractivity contribution >= 4 is 29.4 Å². The number of carbonyl (C=O) groups is 2. The summed E-state index contributed by atoms with van der Waals surface area (Å²) in [6, 6.07) is 3.80. The van der Waals surface area contributed by atoms with Gasteiger partial charge in [0.05, 0.1) is 6.04 Å². The Labute approximate surface area is 92.2 Å². The molecule has 1 aromatic carbocycles. The third-order valence-electron chi connectivity index (χ3n) is 1.91. The molecule has 15 heavy (non-hydrogen) atoms. The third kappa shape index (κ3) is 3.04. The molecule has 0 bridgehead atoms. The van der Waals surface area contributed by atoms with Crippen LogP contribution in [0.4, 0.5) is 5.69 Å². The van der Waals surface area contributed by atoms with Gasteiger partial charge >= 0.3 is 0 Å². The van der Waals surface area contributed by atoms with Gasteiger partial charge in [0.25, 0.3) is 0 Å². The Morgan fingerprint density at radius 3 is 2.73 bits per heavy atom. The predicted octanol–water partition coefficient (Wildman–Crippen LogP) is 1.02. The zero-order valence-corrected chi connectivity index (χ0v) is 8.70. The second-order valence-corrected chi connectivity index (χ2v) is 3.60. The van der Waals surface area contributed by atoms with Crippen LogP contribution >= 0.6 is 11.6 Å². The van der Waals surface area contributed by atoms with E-state index in [2.05, 4.69) is 0 Å². The molecule has 0 fully saturated rings. The van der Waals surface area contributed by atoms with Crippen LogP contribution in [0, 0.1) is 0 Å². The third-order valence-corrected chi connectivity index (χ3v) is 2.15. The second kappa shape index (κ2) is 4.91. The standard InChI is InChI=1S/C10H11ClN2O2/c11-6-1-2-8(9(13)3-6)10(15)4-7(12)5-14/h1-3,5,7H,4,12-13H2. The fourth-order valence-corrected chi connectivity index (χ4v) is 1.34. The summed E-state index contributed by atoms with van der Waals surface area (Å²) in [6.07, 6.45) is 0.485. The molecule has 0 aromatic heterocycles. The lowest BCUT2D eigenvalue weighted by molar-refractivity contribution is -0.108. The molecular weight excluding hydrogens is 216 g/mol. The van der Waals surface area contributed by atoms with Gasteiger partial charge in [-0.3, -0.25) is 4.79 Å². The van der Waals surface area contributed by atoms with E-state index in [0.29, 0.717) is 22.6 Å². The lowest BCUT2D eigenvalue weighted by atomic mass is 10.0. The minimum atomic E-state index is -0.785. The van der Waals surface area contributed by atoms with E-state index in [1.165, 1.54) is 12.1 Å². The molecule has 0 saturated heterocycles. The number of hydrogen-bond donors (Lipinski definition) is 2. The van der Waals surface area contributed by atoms with Crippen molar-refractivity contribution in [1.82, 2.24) is 0 Å². The summed E-state index contributed by atoms with van der Waals surface area (Å²) in [5.41, 5.74) is 11.6. The highest BCUT2D eigenvalue weighted by Crippen LogP contribution is 2.19. The van der Waals surface area contributed by atoms with Crippen molar-refractivity contribution in [2.45, 2.75) is 12.5 Å². The molecule has 1 atom stereocenters.